The third-order valence-electron chi connectivity index (χ3n) is 3.19. The number of rotatable bonds is 4. The van der Waals surface area contributed by atoms with E-state index < -0.39 is 11.9 Å². The molecule has 3 amide bonds. The van der Waals surface area contributed by atoms with E-state index in [4.69, 9.17) is 5.73 Å². The fourth-order valence-electron chi connectivity index (χ4n) is 1.87. The number of nitrogens with one attached hydrogen (secondary N) is 1. The highest BCUT2D eigenvalue weighted by Gasteiger charge is 2.26. The van der Waals surface area contributed by atoms with E-state index >= 15 is 0 Å². The first-order chi connectivity index (χ1) is 7.56. The Hall–Kier alpha value is -1.26. The molecule has 16 heavy (non-hydrogen) atoms. The molecule has 0 bridgehead atoms. The van der Waals surface area contributed by atoms with Crippen LogP contribution in [0.15, 0.2) is 0 Å². The van der Waals surface area contributed by atoms with Crippen LogP contribution in [0.3, 0.4) is 0 Å². The van der Waals surface area contributed by atoms with Crippen LogP contribution in [0.1, 0.15) is 33.1 Å². The van der Waals surface area contributed by atoms with Crippen LogP contribution < -0.4 is 11.1 Å². The van der Waals surface area contributed by atoms with E-state index in [2.05, 4.69) is 5.32 Å². The molecule has 1 saturated heterocycles. The van der Waals surface area contributed by atoms with Crippen molar-refractivity contribution in [2.75, 3.05) is 13.1 Å². The van der Waals surface area contributed by atoms with E-state index in [1.54, 1.807) is 4.90 Å². The van der Waals surface area contributed by atoms with E-state index in [0.717, 1.165) is 32.4 Å². The average Bonchev–Trinajstić information content (AvgIpc) is 2.77. The topological polar surface area (TPSA) is 75.4 Å². The normalized spacial score (nSPS) is 19.2. The molecule has 0 saturated carbocycles. The van der Waals surface area contributed by atoms with Crippen molar-refractivity contribution >= 4 is 11.9 Å². The van der Waals surface area contributed by atoms with Crippen LogP contribution >= 0.6 is 0 Å². The zero-order valence-corrected chi connectivity index (χ0v) is 10.0. The highest BCUT2D eigenvalue weighted by molar-refractivity contribution is 5.86. The highest BCUT2D eigenvalue weighted by Crippen LogP contribution is 2.11. The van der Waals surface area contributed by atoms with E-state index in [1.165, 1.54) is 0 Å². The van der Waals surface area contributed by atoms with Gasteiger partial charge in [-0.15, -0.1) is 0 Å². The van der Waals surface area contributed by atoms with Gasteiger partial charge < -0.3 is 16.0 Å². The summed E-state index contributed by atoms with van der Waals surface area (Å²) in [7, 11) is 0. The van der Waals surface area contributed by atoms with E-state index in [1.807, 2.05) is 13.8 Å². The summed E-state index contributed by atoms with van der Waals surface area (Å²) in [4.78, 5) is 24.8. The number of primary amides is 1. The Balaban J connectivity index is 2.53. The standard InChI is InChI=1S/C11H21N3O2/c1-3-8(2)9(10(12)15)13-11(16)14-6-4-5-7-14/h8-9H,3-7H2,1-2H3,(H2,12,15)(H,13,16)/t8-,9+/m1/s1. The molecular weight excluding hydrogens is 206 g/mol. The van der Waals surface area contributed by atoms with E-state index in [0.29, 0.717) is 0 Å². The zero-order chi connectivity index (χ0) is 12.1. The van der Waals surface area contributed by atoms with Crippen molar-refractivity contribution in [2.45, 2.75) is 39.2 Å². The second kappa shape index (κ2) is 5.72. The first-order valence-corrected chi connectivity index (χ1v) is 5.91. The molecule has 0 radical (unpaired) electrons. The summed E-state index contributed by atoms with van der Waals surface area (Å²) in [5.41, 5.74) is 5.29. The lowest BCUT2D eigenvalue weighted by atomic mass is 9.99. The molecule has 92 valence electrons. The molecule has 0 spiro atoms. The number of likely N-dealkylation sites (tertiary alicyclic amines) is 1. The summed E-state index contributed by atoms with van der Waals surface area (Å²) in [6.45, 7) is 5.44. The molecule has 1 rings (SSSR count). The molecule has 1 aliphatic rings. The number of hydrogen-bond donors (Lipinski definition) is 2. The van der Waals surface area contributed by atoms with Gasteiger partial charge in [0.25, 0.3) is 0 Å². The minimum absolute atomic E-state index is 0.0732. The Bertz CT molecular complexity index is 262. The number of carbonyl (C=O) groups excluding carboxylic acids is 2. The molecule has 5 nitrogen and oxygen atoms in total. The number of carbonyl (C=O) groups is 2. The van der Waals surface area contributed by atoms with Crippen molar-refractivity contribution in [1.82, 2.24) is 10.2 Å². The quantitative estimate of drug-likeness (QED) is 0.741. The van der Waals surface area contributed by atoms with Gasteiger partial charge in [0.05, 0.1) is 0 Å². The van der Waals surface area contributed by atoms with Gasteiger partial charge in [-0.3, -0.25) is 4.79 Å². The van der Waals surface area contributed by atoms with Gasteiger partial charge in [-0.25, -0.2) is 4.79 Å². The van der Waals surface area contributed by atoms with Crippen LogP contribution in [-0.4, -0.2) is 36.0 Å². The Morgan fingerprint density at radius 2 is 1.94 bits per heavy atom. The summed E-state index contributed by atoms with van der Waals surface area (Å²) in [6, 6.07) is -0.722. The molecule has 1 fully saturated rings. The van der Waals surface area contributed by atoms with Gasteiger partial charge in [-0.2, -0.15) is 0 Å². The molecule has 3 N–H and O–H groups in total. The van der Waals surface area contributed by atoms with Crippen LogP contribution in [0.2, 0.25) is 0 Å². The van der Waals surface area contributed by atoms with Crippen LogP contribution in [-0.2, 0) is 4.79 Å². The van der Waals surface area contributed by atoms with Crippen LogP contribution in [0.25, 0.3) is 0 Å². The summed E-state index contributed by atoms with van der Waals surface area (Å²) in [5, 5.41) is 2.72. The largest absolute Gasteiger partial charge is 0.368 e. The molecule has 0 unspecified atom stereocenters. The monoisotopic (exact) mass is 227 g/mol. The third kappa shape index (κ3) is 3.12. The van der Waals surface area contributed by atoms with E-state index in [9.17, 15) is 9.59 Å². The summed E-state index contributed by atoms with van der Waals surface area (Å²) >= 11 is 0. The van der Waals surface area contributed by atoms with Crippen LogP contribution in [0, 0.1) is 5.92 Å². The van der Waals surface area contributed by atoms with Crippen molar-refractivity contribution in [2.24, 2.45) is 11.7 Å². The van der Waals surface area contributed by atoms with Gasteiger partial charge in [0.2, 0.25) is 5.91 Å². The lowest BCUT2D eigenvalue weighted by Crippen LogP contribution is -2.52. The molecule has 0 aromatic carbocycles. The van der Waals surface area contributed by atoms with Gasteiger partial charge in [0.15, 0.2) is 0 Å². The third-order valence-corrected chi connectivity index (χ3v) is 3.19. The minimum atomic E-state index is -0.557. The first kappa shape index (κ1) is 12.8. The highest BCUT2D eigenvalue weighted by atomic mass is 16.2. The van der Waals surface area contributed by atoms with Gasteiger partial charge in [0, 0.05) is 13.1 Å². The van der Waals surface area contributed by atoms with Gasteiger partial charge in [-0.05, 0) is 18.8 Å². The maximum atomic E-state index is 11.8. The number of amides is 3. The Morgan fingerprint density at radius 1 is 1.38 bits per heavy atom. The lowest BCUT2D eigenvalue weighted by Gasteiger charge is -2.24. The number of nitrogens with zero attached hydrogens (tertiary/aromatic N) is 1. The fraction of sp³-hybridized carbons (Fsp3) is 0.818. The van der Waals surface area contributed by atoms with Gasteiger partial charge >= 0.3 is 6.03 Å². The SMILES string of the molecule is CC[C@@H](C)[C@H](NC(=O)N1CCCC1)C(N)=O. The van der Waals surface area contributed by atoms with Crippen molar-refractivity contribution in [3.63, 3.8) is 0 Å². The fourth-order valence-corrected chi connectivity index (χ4v) is 1.87. The molecule has 0 aliphatic carbocycles. The molecule has 1 heterocycles. The number of nitrogens with two attached hydrogens (primary N) is 1. The smallest absolute Gasteiger partial charge is 0.318 e. The second-order valence-electron chi connectivity index (χ2n) is 4.41. The second-order valence-corrected chi connectivity index (χ2v) is 4.41. The number of urea groups is 1. The summed E-state index contributed by atoms with van der Waals surface area (Å²) in [5.74, 6) is -0.383. The lowest BCUT2D eigenvalue weighted by molar-refractivity contribution is -0.120. The molecule has 1 aliphatic heterocycles. The van der Waals surface area contributed by atoms with Crippen molar-refractivity contribution < 1.29 is 9.59 Å². The van der Waals surface area contributed by atoms with Crippen LogP contribution in [0.5, 0.6) is 0 Å². The Kier molecular flexibility index (Phi) is 4.58. The zero-order valence-electron chi connectivity index (χ0n) is 10.0. The predicted molar refractivity (Wildman–Crippen MR) is 61.8 cm³/mol. The van der Waals surface area contributed by atoms with Crippen molar-refractivity contribution in [1.29, 1.82) is 0 Å². The first-order valence-electron chi connectivity index (χ1n) is 5.91. The van der Waals surface area contributed by atoms with E-state index in [-0.39, 0.29) is 11.9 Å². The molecule has 0 aromatic heterocycles. The maximum Gasteiger partial charge on any atom is 0.318 e. The predicted octanol–water partition coefficient (Wildman–Crippen LogP) is 0.692. The maximum absolute atomic E-state index is 11.8. The summed E-state index contributed by atoms with van der Waals surface area (Å²) < 4.78 is 0. The Labute approximate surface area is 96.4 Å². The van der Waals surface area contributed by atoms with Gasteiger partial charge in [-0.1, -0.05) is 20.3 Å². The minimum Gasteiger partial charge on any atom is -0.368 e. The molecule has 2 atom stereocenters. The molecule has 5 heteroatoms. The summed E-state index contributed by atoms with van der Waals surface area (Å²) in [6.07, 6.45) is 2.89. The van der Waals surface area contributed by atoms with Crippen molar-refractivity contribution in [3.8, 4) is 0 Å². The average molecular weight is 227 g/mol. The van der Waals surface area contributed by atoms with Crippen LogP contribution in [0.4, 0.5) is 4.79 Å². The molecule has 0 aromatic rings. The Morgan fingerprint density at radius 3 is 2.38 bits per heavy atom. The van der Waals surface area contributed by atoms with Gasteiger partial charge in [0.1, 0.15) is 6.04 Å². The van der Waals surface area contributed by atoms with Crippen molar-refractivity contribution in [3.05, 3.63) is 0 Å². The molecular formula is C11H21N3O2. The number of hydrogen-bond acceptors (Lipinski definition) is 2.